The van der Waals surface area contributed by atoms with E-state index >= 15 is 0 Å². The van der Waals surface area contributed by atoms with Gasteiger partial charge in [0.25, 0.3) is 0 Å². The molecule has 0 aliphatic rings. The van der Waals surface area contributed by atoms with Gasteiger partial charge in [-0.2, -0.15) is 0 Å². The van der Waals surface area contributed by atoms with E-state index in [1.165, 1.54) is 11.4 Å². The van der Waals surface area contributed by atoms with Gasteiger partial charge < -0.3 is 5.32 Å². The minimum atomic E-state index is -3.48. The predicted molar refractivity (Wildman–Crippen MR) is 85.7 cm³/mol. The summed E-state index contributed by atoms with van der Waals surface area (Å²) in [5.74, 6) is 0.102. The molecule has 0 spiro atoms. The van der Waals surface area contributed by atoms with Crippen LogP contribution in [0.25, 0.3) is 0 Å². The smallest absolute Gasteiger partial charge is 0.235 e. The number of sulfonamides is 1. The maximum atomic E-state index is 12.2. The van der Waals surface area contributed by atoms with Crippen LogP contribution in [0.1, 0.15) is 26.7 Å². The van der Waals surface area contributed by atoms with Crippen molar-refractivity contribution in [1.29, 1.82) is 0 Å². The highest BCUT2D eigenvalue weighted by molar-refractivity contribution is 7.92. The fourth-order valence-electron chi connectivity index (χ4n) is 1.75. The molecule has 0 fully saturated rings. The number of benzene rings is 1. The Morgan fingerprint density at radius 2 is 1.86 bits per heavy atom. The first-order chi connectivity index (χ1) is 9.83. The van der Waals surface area contributed by atoms with Crippen molar-refractivity contribution in [2.24, 2.45) is 5.92 Å². The molecule has 21 heavy (non-hydrogen) atoms. The monoisotopic (exact) mass is 312 g/mol. The summed E-state index contributed by atoms with van der Waals surface area (Å²) in [7, 11) is -1.98. The van der Waals surface area contributed by atoms with Crippen LogP contribution in [0.15, 0.2) is 30.3 Å². The first kappa shape index (κ1) is 17.5. The third kappa shape index (κ3) is 6.16. The largest absolute Gasteiger partial charge is 0.356 e. The molecule has 0 saturated heterocycles. The van der Waals surface area contributed by atoms with E-state index in [9.17, 15) is 13.2 Å². The van der Waals surface area contributed by atoms with Gasteiger partial charge in [0.15, 0.2) is 0 Å². The molecule has 1 aromatic carbocycles. The van der Waals surface area contributed by atoms with Crippen LogP contribution >= 0.6 is 0 Å². The summed E-state index contributed by atoms with van der Waals surface area (Å²) in [5, 5.41) is 2.74. The van der Waals surface area contributed by atoms with Gasteiger partial charge in [-0.3, -0.25) is 9.10 Å². The van der Waals surface area contributed by atoms with E-state index in [1.54, 1.807) is 24.3 Å². The van der Waals surface area contributed by atoms with Crippen molar-refractivity contribution in [2.75, 3.05) is 23.7 Å². The molecule has 5 nitrogen and oxygen atoms in total. The lowest BCUT2D eigenvalue weighted by Gasteiger charge is -2.19. The molecule has 0 atom stereocenters. The molecule has 1 aromatic rings. The molecule has 0 aliphatic carbocycles. The number of anilines is 1. The molecule has 1 N–H and O–H groups in total. The number of hydrogen-bond acceptors (Lipinski definition) is 3. The van der Waals surface area contributed by atoms with Crippen molar-refractivity contribution in [3.8, 4) is 0 Å². The van der Waals surface area contributed by atoms with Gasteiger partial charge in [-0.05, 0) is 24.5 Å². The number of para-hydroxylation sites is 1. The van der Waals surface area contributed by atoms with E-state index in [-0.39, 0.29) is 18.1 Å². The van der Waals surface area contributed by atoms with Crippen LogP contribution in [-0.2, 0) is 14.8 Å². The van der Waals surface area contributed by atoms with Crippen LogP contribution in [-0.4, -0.2) is 33.7 Å². The molecule has 1 amide bonds. The van der Waals surface area contributed by atoms with Gasteiger partial charge in [-0.15, -0.1) is 0 Å². The van der Waals surface area contributed by atoms with E-state index in [4.69, 9.17) is 0 Å². The van der Waals surface area contributed by atoms with Crippen LogP contribution in [0.4, 0.5) is 5.69 Å². The Morgan fingerprint density at radius 3 is 2.43 bits per heavy atom. The van der Waals surface area contributed by atoms with Crippen molar-refractivity contribution in [3.05, 3.63) is 30.3 Å². The van der Waals surface area contributed by atoms with E-state index < -0.39 is 10.0 Å². The number of nitrogens with zero attached hydrogens (tertiary/aromatic N) is 1. The highest BCUT2D eigenvalue weighted by atomic mass is 32.2. The van der Waals surface area contributed by atoms with Crippen molar-refractivity contribution < 1.29 is 13.2 Å². The summed E-state index contributed by atoms with van der Waals surface area (Å²) in [6, 6.07) is 8.83. The van der Waals surface area contributed by atoms with Gasteiger partial charge in [-0.25, -0.2) is 8.42 Å². The van der Waals surface area contributed by atoms with Crippen molar-refractivity contribution in [2.45, 2.75) is 26.7 Å². The highest BCUT2D eigenvalue weighted by Gasteiger charge is 2.19. The lowest BCUT2D eigenvalue weighted by Crippen LogP contribution is -2.33. The van der Waals surface area contributed by atoms with E-state index in [2.05, 4.69) is 19.2 Å². The van der Waals surface area contributed by atoms with Gasteiger partial charge in [-0.1, -0.05) is 32.0 Å². The molecular formula is C15H24N2O3S. The Morgan fingerprint density at radius 1 is 1.24 bits per heavy atom. The average Bonchev–Trinajstić information content (AvgIpc) is 2.45. The van der Waals surface area contributed by atoms with Crippen LogP contribution in [0.5, 0.6) is 0 Å². The van der Waals surface area contributed by atoms with Gasteiger partial charge in [0.2, 0.25) is 15.9 Å². The van der Waals surface area contributed by atoms with Gasteiger partial charge in [0, 0.05) is 20.0 Å². The second-order valence-corrected chi connectivity index (χ2v) is 7.52. The zero-order valence-corrected chi connectivity index (χ0v) is 13.7. The summed E-state index contributed by atoms with van der Waals surface area (Å²) in [6.45, 7) is 4.74. The van der Waals surface area contributed by atoms with E-state index in [1.807, 2.05) is 6.07 Å². The molecule has 0 aromatic heterocycles. The Hall–Kier alpha value is -1.56. The van der Waals surface area contributed by atoms with Crippen LogP contribution in [0.2, 0.25) is 0 Å². The maximum Gasteiger partial charge on any atom is 0.235 e. The average molecular weight is 312 g/mol. The molecule has 0 bridgehead atoms. The first-order valence-corrected chi connectivity index (χ1v) is 8.72. The minimum Gasteiger partial charge on any atom is -0.356 e. The quantitative estimate of drug-likeness (QED) is 0.798. The molecule has 0 saturated carbocycles. The fourth-order valence-corrected chi connectivity index (χ4v) is 2.91. The second kappa shape index (κ2) is 8.02. The van der Waals surface area contributed by atoms with Crippen molar-refractivity contribution in [3.63, 3.8) is 0 Å². The van der Waals surface area contributed by atoms with Crippen molar-refractivity contribution >= 4 is 21.6 Å². The van der Waals surface area contributed by atoms with Crippen molar-refractivity contribution in [1.82, 2.24) is 5.32 Å². The Kier molecular flexibility index (Phi) is 6.68. The van der Waals surface area contributed by atoms with Gasteiger partial charge in [0.05, 0.1) is 11.4 Å². The summed E-state index contributed by atoms with van der Waals surface area (Å²) < 4.78 is 25.5. The molecule has 0 heterocycles. The predicted octanol–water partition coefficient (Wildman–Crippen LogP) is 2.00. The van der Waals surface area contributed by atoms with Crippen LogP contribution < -0.4 is 9.62 Å². The lowest BCUT2D eigenvalue weighted by molar-refractivity contribution is -0.120. The lowest BCUT2D eigenvalue weighted by atomic mass is 10.1. The zero-order valence-electron chi connectivity index (χ0n) is 12.9. The third-order valence-corrected chi connectivity index (χ3v) is 4.93. The van der Waals surface area contributed by atoms with Crippen LogP contribution in [0.3, 0.4) is 0 Å². The molecule has 0 aliphatic heterocycles. The minimum absolute atomic E-state index is 0.0163. The third-order valence-electron chi connectivity index (χ3n) is 3.17. The number of nitrogens with one attached hydrogen (secondary N) is 1. The normalized spacial score (nSPS) is 11.4. The number of carbonyl (C=O) groups excluding carboxylic acids is 1. The molecule has 0 radical (unpaired) electrons. The summed E-state index contributed by atoms with van der Waals surface area (Å²) in [5.41, 5.74) is 0.595. The zero-order chi connectivity index (χ0) is 15.9. The maximum absolute atomic E-state index is 12.2. The molecular weight excluding hydrogens is 288 g/mol. The molecule has 0 unspecified atom stereocenters. The summed E-state index contributed by atoms with van der Waals surface area (Å²) in [6.07, 6.45) is 0.875. The molecule has 1 rings (SSSR count). The van der Waals surface area contributed by atoms with Gasteiger partial charge in [0.1, 0.15) is 0 Å². The Balaban J connectivity index is 2.48. The standard InChI is InChI=1S/C15H24N2O3S/c1-13(2)9-11-16-15(18)10-12-21(19,20)17(3)14-7-5-4-6-8-14/h4-8,13H,9-12H2,1-3H3,(H,16,18). The van der Waals surface area contributed by atoms with E-state index in [0.717, 1.165) is 6.42 Å². The summed E-state index contributed by atoms with van der Waals surface area (Å²) in [4.78, 5) is 11.6. The molecule has 118 valence electrons. The fraction of sp³-hybridized carbons (Fsp3) is 0.533. The topological polar surface area (TPSA) is 66.5 Å². The summed E-state index contributed by atoms with van der Waals surface area (Å²) >= 11 is 0. The first-order valence-electron chi connectivity index (χ1n) is 7.11. The molecule has 6 heteroatoms. The Labute approximate surface area is 127 Å². The number of amides is 1. The SMILES string of the molecule is CC(C)CCNC(=O)CCS(=O)(=O)N(C)c1ccccc1. The van der Waals surface area contributed by atoms with Crippen LogP contribution in [0, 0.1) is 5.92 Å². The number of hydrogen-bond donors (Lipinski definition) is 1. The van der Waals surface area contributed by atoms with Gasteiger partial charge >= 0.3 is 0 Å². The highest BCUT2D eigenvalue weighted by Crippen LogP contribution is 2.15. The number of rotatable bonds is 8. The van der Waals surface area contributed by atoms with E-state index in [0.29, 0.717) is 18.2 Å². The number of carbonyl (C=O) groups is 1. The second-order valence-electron chi connectivity index (χ2n) is 5.40. The Bertz CT molecular complexity index is 541.